The zero-order chi connectivity index (χ0) is 11.4. The minimum atomic E-state index is -0.450. The summed E-state index contributed by atoms with van der Waals surface area (Å²) in [5, 5.41) is 0. The monoisotopic (exact) mass is 215 g/mol. The Morgan fingerprint density at radius 2 is 2.00 bits per heavy atom. The maximum absolute atomic E-state index is 12.2. The predicted octanol–water partition coefficient (Wildman–Crippen LogP) is 2.77. The van der Waals surface area contributed by atoms with E-state index in [1.165, 1.54) is 0 Å². The highest BCUT2D eigenvalue weighted by Gasteiger charge is 2.39. The standard InChI is InChI=1S/C14H17NO/c1-15-11-14(10-6-5-9-13(14)16)12-7-3-2-4-8-12/h2-4,7-8,11H,5-6,9-10H2,1H3/t14-/m0/s1. The van der Waals surface area contributed by atoms with E-state index >= 15 is 0 Å². The first-order chi connectivity index (χ1) is 7.79. The molecule has 0 bridgehead atoms. The van der Waals surface area contributed by atoms with Crippen molar-refractivity contribution in [2.24, 2.45) is 4.99 Å². The molecule has 1 atom stereocenters. The van der Waals surface area contributed by atoms with Crippen molar-refractivity contribution in [3.63, 3.8) is 0 Å². The molecular weight excluding hydrogens is 198 g/mol. The van der Waals surface area contributed by atoms with Crippen LogP contribution in [0, 0.1) is 0 Å². The van der Waals surface area contributed by atoms with E-state index in [4.69, 9.17) is 0 Å². The maximum Gasteiger partial charge on any atom is 0.148 e. The molecule has 1 fully saturated rings. The maximum atomic E-state index is 12.2. The first-order valence-electron chi connectivity index (χ1n) is 5.82. The predicted molar refractivity (Wildman–Crippen MR) is 66.0 cm³/mol. The number of benzene rings is 1. The molecule has 1 aliphatic carbocycles. The van der Waals surface area contributed by atoms with E-state index in [1.807, 2.05) is 36.5 Å². The van der Waals surface area contributed by atoms with Gasteiger partial charge in [-0.3, -0.25) is 9.79 Å². The molecule has 0 radical (unpaired) electrons. The summed E-state index contributed by atoms with van der Waals surface area (Å²) in [7, 11) is 1.74. The molecule has 1 aliphatic rings. The van der Waals surface area contributed by atoms with Crippen molar-refractivity contribution in [3.05, 3.63) is 35.9 Å². The molecule has 2 rings (SSSR count). The molecule has 0 amide bonds. The average Bonchev–Trinajstić information content (AvgIpc) is 2.34. The molecule has 0 aromatic heterocycles. The van der Waals surface area contributed by atoms with Crippen LogP contribution in [0.4, 0.5) is 0 Å². The minimum Gasteiger partial charge on any atom is -0.299 e. The normalized spacial score (nSPS) is 26.2. The van der Waals surface area contributed by atoms with E-state index < -0.39 is 5.41 Å². The van der Waals surface area contributed by atoms with Gasteiger partial charge < -0.3 is 0 Å². The lowest BCUT2D eigenvalue weighted by molar-refractivity contribution is -0.123. The van der Waals surface area contributed by atoms with Gasteiger partial charge in [0.1, 0.15) is 5.78 Å². The van der Waals surface area contributed by atoms with Gasteiger partial charge >= 0.3 is 0 Å². The number of aliphatic imine (C=N–C) groups is 1. The van der Waals surface area contributed by atoms with Crippen molar-refractivity contribution in [3.8, 4) is 0 Å². The van der Waals surface area contributed by atoms with Crippen LogP contribution in [0.5, 0.6) is 0 Å². The van der Waals surface area contributed by atoms with Crippen molar-refractivity contribution >= 4 is 12.0 Å². The van der Waals surface area contributed by atoms with Gasteiger partial charge in [-0.1, -0.05) is 36.8 Å². The largest absolute Gasteiger partial charge is 0.299 e. The van der Waals surface area contributed by atoms with Crippen LogP contribution in [0.25, 0.3) is 0 Å². The van der Waals surface area contributed by atoms with Crippen LogP contribution in [0.1, 0.15) is 31.2 Å². The molecule has 0 N–H and O–H groups in total. The lowest BCUT2D eigenvalue weighted by Gasteiger charge is -2.32. The number of carbonyl (C=O) groups excluding carboxylic acids is 1. The van der Waals surface area contributed by atoms with E-state index in [0.717, 1.165) is 24.8 Å². The fourth-order valence-corrected chi connectivity index (χ4v) is 2.52. The van der Waals surface area contributed by atoms with Crippen LogP contribution in [-0.2, 0) is 10.2 Å². The lowest BCUT2D eigenvalue weighted by atomic mass is 9.69. The van der Waals surface area contributed by atoms with E-state index in [2.05, 4.69) is 4.99 Å². The highest BCUT2D eigenvalue weighted by atomic mass is 16.1. The molecule has 0 aliphatic heterocycles. The molecule has 1 saturated carbocycles. The highest BCUT2D eigenvalue weighted by molar-refractivity contribution is 6.06. The smallest absolute Gasteiger partial charge is 0.148 e. The van der Waals surface area contributed by atoms with Crippen LogP contribution < -0.4 is 0 Å². The van der Waals surface area contributed by atoms with E-state index in [9.17, 15) is 4.79 Å². The molecule has 1 aromatic rings. The number of hydrogen-bond donors (Lipinski definition) is 0. The molecule has 2 nitrogen and oxygen atoms in total. The van der Waals surface area contributed by atoms with Crippen molar-refractivity contribution < 1.29 is 4.79 Å². The van der Waals surface area contributed by atoms with Gasteiger partial charge in [0.2, 0.25) is 0 Å². The number of nitrogens with zero attached hydrogens (tertiary/aromatic N) is 1. The summed E-state index contributed by atoms with van der Waals surface area (Å²) < 4.78 is 0. The second-order valence-corrected chi connectivity index (χ2v) is 4.35. The van der Waals surface area contributed by atoms with Gasteiger partial charge in [-0.25, -0.2) is 0 Å². The van der Waals surface area contributed by atoms with Crippen molar-refractivity contribution in [2.75, 3.05) is 7.05 Å². The Balaban J connectivity index is 2.46. The van der Waals surface area contributed by atoms with Crippen molar-refractivity contribution in [2.45, 2.75) is 31.1 Å². The molecule has 0 spiro atoms. The van der Waals surface area contributed by atoms with Crippen molar-refractivity contribution in [1.82, 2.24) is 0 Å². The van der Waals surface area contributed by atoms with E-state index in [-0.39, 0.29) is 0 Å². The minimum absolute atomic E-state index is 0.315. The molecule has 0 heterocycles. The van der Waals surface area contributed by atoms with Crippen LogP contribution in [0.15, 0.2) is 35.3 Å². The number of ketones is 1. The molecule has 0 unspecified atom stereocenters. The second kappa shape index (κ2) is 4.60. The number of Topliss-reactive ketones (excluding diaryl/α,β-unsaturated/α-hetero) is 1. The Morgan fingerprint density at radius 1 is 1.25 bits per heavy atom. The summed E-state index contributed by atoms with van der Waals surface area (Å²) in [6.07, 6.45) is 5.54. The SMILES string of the molecule is CN=C[C@]1(c2ccccc2)CCCCC1=O. The van der Waals surface area contributed by atoms with Gasteiger partial charge in [0.05, 0.1) is 5.41 Å². The zero-order valence-electron chi connectivity index (χ0n) is 9.65. The number of carbonyl (C=O) groups is 1. The Kier molecular flexibility index (Phi) is 3.18. The summed E-state index contributed by atoms with van der Waals surface area (Å²) >= 11 is 0. The third-order valence-corrected chi connectivity index (χ3v) is 3.36. The Morgan fingerprint density at radius 3 is 2.62 bits per heavy atom. The molecule has 84 valence electrons. The summed E-state index contributed by atoms with van der Waals surface area (Å²) in [6, 6.07) is 10.0. The molecule has 0 saturated heterocycles. The fourth-order valence-electron chi connectivity index (χ4n) is 2.52. The lowest BCUT2D eigenvalue weighted by Crippen LogP contribution is -2.40. The fraction of sp³-hybridized carbons (Fsp3) is 0.429. The van der Waals surface area contributed by atoms with Crippen LogP contribution in [0.2, 0.25) is 0 Å². The van der Waals surface area contributed by atoms with Crippen LogP contribution in [-0.4, -0.2) is 19.0 Å². The van der Waals surface area contributed by atoms with Gasteiger partial charge in [0, 0.05) is 19.7 Å². The Hall–Kier alpha value is -1.44. The summed E-state index contributed by atoms with van der Waals surface area (Å²) in [5.74, 6) is 0.315. The summed E-state index contributed by atoms with van der Waals surface area (Å²) in [6.45, 7) is 0. The second-order valence-electron chi connectivity index (χ2n) is 4.35. The van der Waals surface area contributed by atoms with E-state index in [0.29, 0.717) is 12.2 Å². The average molecular weight is 215 g/mol. The van der Waals surface area contributed by atoms with E-state index in [1.54, 1.807) is 7.05 Å². The first-order valence-corrected chi connectivity index (χ1v) is 5.82. The quantitative estimate of drug-likeness (QED) is 0.697. The Labute approximate surface area is 96.4 Å². The first kappa shape index (κ1) is 11.1. The third kappa shape index (κ3) is 1.80. The van der Waals surface area contributed by atoms with Gasteiger partial charge in [0.25, 0.3) is 0 Å². The van der Waals surface area contributed by atoms with Crippen LogP contribution >= 0.6 is 0 Å². The summed E-state index contributed by atoms with van der Waals surface area (Å²) in [4.78, 5) is 16.3. The topological polar surface area (TPSA) is 29.4 Å². The van der Waals surface area contributed by atoms with Crippen LogP contribution in [0.3, 0.4) is 0 Å². The van der Waals surface area contributed by atoms with Gasteiger partial charge in [0.15, 0.2) is 0 Å². The molecule has 16 heavy (non-hydrogen) atoms. The van der Waals surface area contributed by atoms with Crippen molar-refractivity contribution in [1.29, 1.82) is 0 Å². The van der Waals surface area contributed by atoms with Gasteiger partial charge in [-0.15, -0.1) is 0 Å². The number of rotatable bonds is 2. The third-order valence-electron chi connectivity index (χ3n) is 3.36. The highest BCUT2D eigenvalue weighted by Crippen LogP contribution is 2.35. The van der Waals surface area contributed by atoms with Gasteiger partial charge in [-0.05, 0) is 18.4 Å². The number of hydrogen-bond acceptors (Lipinski definition) is 2. The molecule has 1 aromatic carbocycles. The zero-order valence-corrected chi connectivity index (χ0v) is 9.65. The van der Waals surface area contributed by atoms with Gasteiger partial charge in [-0.2, -0.15) is 0 Å². The summed E-state index contributed by atoms with van der Waals surface area (Å²) in [5.41, 5.74) is 0.638. The Bertz CT molecular complexity index is 396. The molecular formula is C14H17NO. The molecule has 2 heteroatoms.